The second-order valence-corrected chi connectivity index (χ2v) is 12.0. The average Bonchev–Trinajstić information content (AvgIpc) is 3.71. The van der Waals surface area contributed by atoms with Gasteiger partial charge in [-0.1, -0.05) is 121 Å². The molecule has 0 saturated carbocycles. The van der Waals surface area contributed by atoms with Crippen molar-refractivity contribution in [2.45, 2.75) is 0 Å². The maximum atomic E-state index is 6.69. The molecular weight excluding hydrogens is 589 g/mol. The molecule has 0 atom stereocenters. The minimum atomic E-state index is 0.565. The van der Waals surface area contributed by atoms with E-state index in [0.717, 1.165) is 66.1 Å². The van der Waals surface area contributed by atoms with Crippen LogP contribution in [0.25, 0.3) is 94.4 Å². The zero-order chi connectivity index (χ0) is 31.6. The van der Waals surface area contributed by atoms with Crippen LogP contribution in [0.2, 0.25) is 0 Å². The molecule has 5 nitrogen and oxygen atoms in total. The number of benzene rings is 7. The first-order chi connectivity index (χ1) is 23.8. The Balaban J connectivity index is 1.20. The van der Waals surface area contributed by atoms with E-state index in [1.165, 1.54) is 10.8 Å². The van der Waals surface area contributed by atoms with Crippen LogP contribution in [0.1, 0.15) is 0 Å². The summed E-state index contributed by atoms with van der Waals surface area (Å²) in [6.07, 6.45) is 0. The maximum absolute atomic E-state index is 6.69. The van der Waals surface area contributed by atoms with E-state index in [9.17, 15) is 0 Å². The predicted molar refractivity (Wildman–Crippen MR) is 195 cm³/mol. The van der Waals surface area contributed by atoms with Crippen molar-refractivity contribution in [3.63, 3.8) is 0 Å². The zero-order valence-corrected chi connectivity index (χ0v) is 25.7. The second kappa shape index (κ2) is 10.5. The minimum Gasteiger partial charge on any atom is -0.455 e. The van der Waals surface area contributed by atoms with Gasteiger partial charge < -0.3 is 8.98 Å². The third-order valence-corrected chi connectivity index (χ3v) is 9.24. The zero-order valence-electron chi connectivity index (χ0n) is 25.7. The molecule has 10 rings (SSSR count). The lowest BCUT2D eigenvalue weighted by Crippen LogP contribution is -2.01. The summed E-state index contributed by atoms with van der Waals surface area (Å²) in [6, 6.07) is 54.4. The fourth-order valence-corrected chi connectivity index (χ4v) is 7.03. The number of fused-ring (bicyclic) bond motifs is 8. The Morgan fingerprint density at radius 1 is 0.396 bits per heavy atom. The molecule has 0 saturated heterocycles. The van der Waals surface area contributed by atoms with Gasteiger partial charge in [0.05, 0.1) is 16.6 Å². The van der Waals surface area contributed by atoms with E-state index in [4.69, 9.17) is 19.4 Å². The quantitative estimate of drug-likeness (QED) is 0.198. The van der Waals surface area contributed by atoms with Crippen LogP contribution >= 0.6 is 0 Å². The van der Waals surface area contributed by atoms with E-state index in [2.05, 4.69) is 120 Å². The SMILES string of the molecule is c1ccc(-c2nc(-c3cccc(-n4c5ccccc5c5ccccc54)c3)nc(-c3cccc4c3oc3c5ccccc5ccc43)n2)cc1. The fraction of sp³-hybridized carbons (Fsp3) is 0. The van der Waals surface area contributed by atoms with Gasteiger partial charge in [-0.2, -0.15) is 0 Å². The molecule has 0 spiro atoms. The van der Waals surface area contributed by atoms with Crippen molar-refractivity contribution in [3.05, 3.63) is 158 Å². The van der Waals surface area contributed by atoms with E-state index in [1.54, 1.807) is 0 Å². The molecule has 0 aliphatic heterocycles. The standard InChI is InChI=1S/C43H26N4O/c1-2-13-28(14-3-1)41-44-42(29-15-10-16-30(26-29)47-37-22-8-6-18-32(37)33-19-7-9-23-38(33)47)46-43(45-41)36-21-11-20-34-35-25-24-27-12-4-5-17-31(27)39(35)48-40(34)36/h1-26H. The highest BCUT2D eigenvalue weighted by Crippen LogP contribution is 2.39. The first kappa shape index (κ1) is 26.6. The van der Waals surface area contributed by atoms with Crippen LogP contribution < -0.4 is 0 Å². The van der Waals surface area contributed by atoms with Crippen LogP contribution in [0.3, 0.4) is 0 Å². The van der Waals surface area contributed by atoms with E-state index in [-0.39, 0.29) is 0 Å². The van der Waals surface area contributed by atoms with Crippen LogP contribution in [-0.4, -0.2) is 19.5 Å². The highest BCUT2D eigenvalue weighted by Gasteiger charge is 2.19. The van der Waals surface area contributed by atoms with E-state index < -0.39 is 0 Å². The summed E-state index contributed by atoms with van der Waals surface area (Å²) < 4.78 is 9.00. The Kier molecular flexibility index (Phi) is 5.81. The van der Waals surface area contributed by atoms with Crippen LogP contribution in [0, 0.1) is 0 Å². The highest BCUT2D eigenvalue weighted by molar-refractivity contribution is 6.17. The molecule has 48 heavy (non-hydrogen) atoms. The Morgan fingerprint density at radius 3 is 1.77 bits per heavy atom. The second-order valence-electron chi connectivity index (χ2n) is 12.0. The lowest BCUT2D eigenvalue weighted by Gasteiger charge is -2.11. The number of nitrogens with zero attached hydrogens (tertiary/aromatic N) is 4. The lowest BCUT2D eigenvalue weighted by molar-refractivity contribution is 0.673. The molecule has 0 unspecified atom stereocenters. The summed E-state index contributed by atoms with van der Waals surface area (Å²) >= 11 is 0. The molecule has 3 heterocycles. The first-order valence-corrected chi connectivity index (χ1v) is 16.0. The Bertz CT molecular complexity index is 2800. The van der Waals surface area contributed by atoms with Gasteiger partial charge in [-0.15, -0.1) is 0 Å². The first-order valence-electron chi connectivity index (χ1n) is 16.0. The van der Waals surface area contributed by atoms with Gasteiger partial charge in [-0.05, 0) is 41.8 Å². The van der Waals surface area contributed by atoms with Gasteiger partial charge >= 0.3 is 0 Å². The lowest BCUT2D eigenvalue weighted by atomic mass is 10.0. The number of hydrogen-bond acceptors (Lipinski definition) is 4. The van der Waals surface area contributed by atoms with Crippen molar-refractivity contribution in [2.24, 2.45) is 0 Å². The molecule has 0 aliphatic carbocycles. The van der Waals surface area contributed by atoms with Crippen molar-refractivity contribution >= 4 is 54.5 Å². The molecule has 7 aromatic carbocycles. The van der Waals surface area contributed by atoms with Crippen LogP contribution in [0.15, 0.2) is 162 Å². The number of para-hydroxylation sites is 3. The van der Waals surface area contributed by atoms with Gasteiger partial charge in [0.15, 0.2) is 17.5 Å². The number of furan rings is 1. The van der Waals surface area contributed by atoms with Gasteiger partial charge in [0.25, 0.3) is 0 Å². The third-order valence-electron chi connectivity index (χ3n) is 9.24. The summed E-state index contributed by atoms with van der Waals surface area (Å²) in [6.45, 7) is 0. The number of aromatic nitrogens is 4. The van der Waals surface area contributed by atoms with Gasteiger partial charge in [0, 0.05) is 43.7 Å². The molecule has 10 aromatic rings. The summed E-state index contributed by atoms with van der Waals surface area (Å²) in [4.78, 5) is 15.2. The molecule has 0 radical (unpaired) electrons. The van der Waals surface area contributed by atoms with Crippen molar-refractivity contribution in [1.29, 1.82) is 0 Å². The van der Waals surface area contributed by atoms with Crippen molar-refractivity contribution in [3.8, 4) is 39.9 Å². The molecule has 0 amide bonds. The molecule has 3 aromatic heterocycles. The molecule has 224 valence electrons. The highest BCUT2D eigenvalue weighted by atomic mass is 16.3. The van der Waals surface area contributed by atoms with Gasteiger partial charge in [-0.25, -0.2) is 15.0 Å². The topological polar surface area (TPSA) is 56.7 Å². The molecule has 0 N–H and O–H groups in total. The van der Waals surface area contributed by atoms with Crippen molar-refractivity contribution in [2.75, 3.05) is 0 Å². The molecular formula is C43H26N4O. The van der Waals surface area contributed by atoms with Gasteiger partial charge in [0.2, 0.25) is 0 Å². The van der Waals surface area contributed by atoms with E-state index in [0.29, 0.717) is 17.5 Å². The van der Waals surface area contributed by atoms with Crippen LogP contribution in [-0.2, 0) is 0 Å². The summed E-state index contributed by atoms with van der Waals surface area (Å²) in [5.41, 5.74) is 7.63. The normalized spacial score (nSPS) is 11.8. The van der Waals surface area contributed by atoms with Crippen LogP contribution in [0.5, 0.6) is 0 Å². The minimum absolute atomic E-state index is 0.565. The predicted octanol–water partition coefficient (Wildman–Crippen LogP) is 11.0. The largest absolute Gasteiger partial charge is 0.455 e. The Morgan fingerprint density at radius 2 is 0.979 bits per heavy atom. The summed E-state index contributed by atoms with van der Waals surface area (Å²) in [5.74, 6) is 1.77. The monoisotopic (exact) mass is 614 g/mol. The molecule has 0 aliphatic rings. The van der Waals surface area contributed by atoms with Crippen molar-refractivity contribution < 1.29 is 4.42 Å². The molecule has 0 fully saturated rings. The van der Waals surface area contributed by atoms with E-state index in [1.807, 2.05) is 42.5 Å². The Labute approximate surface area is 275 Å². The summed E-state index contributed by atoms with van der Waals surface area (Å²) in [5, 5.41) is 6.77. The average molecular weight is 615 g/mol. The molecule has 0 bridgehead atoms. The van der Waals surface area contributed by atoms with Gasteiger partial charge in [-0.3, -0.25) is 0 Å². The smallest absolute Gasteiger partial charge is 0.167 e. The number of rotatable bonds is 4. The Hall–Kier alpha value is -6.59. The fourth-order valence-electron chi connectivity index (χ4n) is 7.03. The third kappa shape index (κ3) is 4.08. The van der Waals surface area contributed by atoms with Gasteiger partial charge in [0.1, 0.15) is 11.2 Å². The van der Waals surface area contributed by atoms with Crippen molar-refractivity contribution in [1.82, 2.24) is 19.5 Å². The van der Waals surface area contributed by atoms with E-state index >= 15 is 0 Å². The molecule has 5 heteroatoms. The van der Waals surface area contributed by atoms with Crippen LogP contribution in [0.4, 0.5) is 0 Å². The maximum Gasteiger partial charge on any atom is 0.167 e. The summed E-state index contributed by atoms with van der Waals surface area (Å²) in [7, 11) is 0. The number of hydrogen-bond donors (Lipinski definition) is 0.